The Morgan fingerprint density at radius 1 is 1.32 bits per heavy atom. The van der Waals surface area contributed by atoms with Crippen molar-refractivity contribution in [2.45, 2.75) is 18.9 Å². The number of nitrogens with one attached hydrogen (secondary N) is 3. The molecule has 4 rings (SSSR count). The Hall–Kier alpha value is -3.07. The molecule has 1 fully saturated rings. The fourth-order valence-corrected chi connectivity index (χ4v) is 3.36. The van der Waals surface area contributed by atoms with Gasteiger partial charge in [0.1, 0.15) is 11.3 Å². The monoisotopic (exact) mass is 386 g/mol. The van der Waals surface area contributed by atoms with Crippen LogP contribution in [0.25, 0.3) is 17.0 Å². The molecular formula is C19H20F2N6O. The summed E-state index contributed by atoms with van der Waals surface area (Å²) >= 11 is 0. The quantitative estimate of drug-likeness (QED) is 0.640. The van der Waals surface area contributed by atoms with Crippen LogP contribution >= 0.6 is 0 Å². The first kappa shape index (κ1) is 18.3. The first-order valence-electron chi connectivity index (χ1n) is 9.09. The first-order valence-corrected chi connectivity index (χ1v) is 9.09. The van der Waals surface area contributed by atoms with Gasteiger partial charge in [0.25, 0.3) is 5.91 Å². The highest BCUT2D eigenvalue weighted by Gasteiger charge is 2.20. The summed E-state index contributed by atoms with van der Waals surface area (Å²) in [6.45, 7) is 1.63. The van der Waals surface area contributed by atoms with Crippen LogP contribution in [0.1, 0.15) is 23.2 Å². The van der Waals surface area contributed by atoms with Crippen LogP contribution in [0.4, 0.5) is 14.6 Å². The van der Waals surface area contributed by atoms with Gasteiger partial charge in [-0.25, -0.2) is 18.7 Å². The van der Waals surface area contributed by atoms with Gasteiger partial charge in [-0.15, -0.1) is 0 Å². The topological polar surface area (TPSA) is 83.4 Å². The predicted molar refractivity (Wildman–Crippen MR) is 101 cm³/mol. The molecule has 0 saturated carbocycles. The van der Waals surface area contributed by atoms with Crippen LogP contribution in [0.2, 0.25) is 0 Å². The van der Waals surface area contributed by atoms with Crippen LogP contribution in [0, 0.1) is 11.6 Å². The highest BCUT2D eigenvalue weighted by atomic mass is 19.1. The van der Waals surface area contributed by atoms with E-state index in [1.807, 2.05) is 0 Å². The summed E-state index contributed by atoms with van der Waals surface area (Å²) in [5, 5.41) is 8.84. The number of piperidine rings is 1. The van der Waals surface area contributed by atoms with Crippen LogP contribution in [0.3, 0.4) is 0 Å². The zero-order chi connectivity index (χ0) is 19.7. The van der Waals surface area contributed by atoms with Crippen molar-refractivity contribution < 1.29 is 13.6 Å². The Balaban J connectivity index is 1.72. The van der Waals surface area contributed by atoms with Gasteiger partial charge in [0.2, 0.25) is 0 Å². The zero-order valence-electron chi connectivity index (χ0n) is 15.3. The lowest BCUT2D eigenvalue weighted by molar-refractivity contribution is 0.0963. The molecule has 0 aromatic carbocycles. The number of hydrogen-bond donors (Lipinski definition) is 3. The van der Waals surface area contributed by atoms with E-state index in [4.69, 9.17) is 0 Å². The molecule has 28 heavy (non-hydrogen) atoms. The van der Waals surface area contributed by atoms with Crippen LogP contribution in [0.5, 0.6) is 0 Å². The van der Waals surface area contributed by atoms with Crippen molar-refractivity contribution in [3.05, 3.63) is 47.8 Å². The Bertz CT molecular complexity index is 1030. The molecule has 1 aliphatic heterocycles. The first-order chi connectivity index (χ1) is 13.6. The number of nitrogens with zero attached hydrogens (tertiary/aromatic N) is 3. The average Bonchev–Trinajstić information content (AvgIpc) is 3.13. The second-order valence-electron chi connectivity index (χ2n) is 6.70. The highest BCUT2D eigenvalue weighted by molar-refractivity contribution is 5.94. The van der Waals surface area contributed by atoms with Crippen molar-refractivity contribution in [2.24, 2.45) is 0 Å². The molecule has 4 heterocycles. The van der Waals surface area contributed by atoms with Gasteiger partial charge in [-0.3, -0.25) is 9.20 Å². The minimum atomic E-state index is -0.776. The number of amides is 1. The van der Waals surface area contributed by atoms with E-state index in [0.29, 0.717) is 23.4 Å². The van der Waals surface area contributed by atoms with E-state index in [-0.39, 0.29) is 23.5 Å². The number of carbonyl (C=O) groups excluding carboxylic acids is 1. The van der Waals surface area contributed by atoms with Crippen molar-refractivity contribution in [1.29, 1.82) is 0 Å². The molecule has 0 radical (unpaired) electrons. The molecule has 0 unspecified atom stereocenters. The lowest BCUT2D eigenvalue weighted by Crippen LogP contribution is -2.38. The minimum absolute atomic E-state index is 0.00661. The third kappa shape index (κ3) is 3.40. The molecule has 3 aromatic rings. The van der Waals surface area contributed by atoms with Gasteiger partial charge in [0, 0.05) is 37.5 Å². The Kier molecular flexibility index (Phi) is 4.91. The molecule has 7 nitrogen and oxygen atoms in total. The lowest BCUT2D eigenvalue weighted by atomic mass is 10.1. The molecule has 9 heteroatoms. The Labute approximate surface area is 160 Å². The predicted octanol–water partition coefficient (Wildman–Crippen LogP) is 2.20. The number of fused-ring (bicyclic) bond motifs is 1. The fraction of sp³-hybridized carbons (Fsp3) is 0.316. The molecule has 0 bridgehead atoms. The van der Waals surface area contributed by atoms with Crippen LogP contribution in [-0.2, 0) is 0 Å². The number of anilines is 1. The summed E-state index contributed by atoms with van der Waals surface area (Å²) in [7, 11) is 1.54. The zero-order valence-corrected chi connectivity index (χ0v) is 15.3. The molecule has 0 spiro atoms. The van der Waals surface area contributed by atoms with Gasteiger partial charge in [-0.05, 0) is 31.5 Å². The summed E-state index contributed by atoms with van der Waals surface area (Å²) in [6, 6.07) is 4.06. The number of rotatable bonds is 4. The Morgan fingerprint density at radius 3 is 2.93 bits per heavy atom. The smallest absolute Gasteiger partial charge is 0.251 e. The summed E-state index contributed by atoms with van der Waals surface area (Å²) < 4.78 is 30.4. The van der Waals surface area contributed by atoms with E-state index >= 15 is 0 Å². The van der Waals surface area contributed by atoms with Crippen molar-refractivity contribution in [2.75, 3.05) is 25.5 Å². The van der Waals surface area contributed by atoms with E-state index in [1.54, 1.807) is 22.7 Å². The van der Waals surface area contributed by atoms with Gasteiger partial charge in [0.05, 0.1) is 11.9 Å². The standard InChI is InChI=1S/C19H20F2N6O/c1-22-19(28)11-4-6-27-15(10-24-16(27)7-11)17-13(20)8-14(21)18(26-17)25-12-3-2-5-23-9-12/h4,6-8,10,12,23H,2-3,5,9H2,1H3,(H,22,28)(H,25,26)/t12-/m0/s1. The average molecular weight is 386 g/mol. The summed E-state index contributed by atoms with van der Waals surface area (Å²) in [5.41, 5.74) is 1.27. The van der Waals surface area contributed by atoms with E-state index < -0.39 is 11.6 Å². The Morgan fingerprint density at radius 2 is 2.18 bits per heavy atom. The number of imidazole rings is 1. The van der Waals surface area contributed by atoms with Crippen molar-refractivity contribution in [3.63, 3.8) is 0 Å². The molecule has 0 aliphatic carbocycles. The molecule has 1 atom stereocenters. The third-order valence-electron chi connectivity index (χ3n) is 4.81. The minimum Gasteiger partial charge on any atom is -0.364 e. The van der Waals surface area contributed by atoms with Gasteiger partial charge in [-0.2, -0.15) is 0 Å². The van der Waals surface area contributed by atoms with Crippen molar-refractivity contribution in [3.8, 4) is 11.4 Å². The second kappa shape index (κ2) is 7.51. The maximum atomic E-state index is 14.5. The highest BCUT2D eigenvalue weighted by Crippen LogP contribution is 2.26. The summed E-state index contributed by atoms with van der Waals surface area (Å²) in [6.07, 6.45) is 4.94. The molecule has 1 aliphatic rings. The molecule has 3 aromatic heterocycles. The van der Waals surface area contributed by atoms with Crippen molar-refractivity contribution >= 4 is 17.4 Å². The van der Waals surface area contributed by atoms with Crippen molar-refractivity contribution in [1.82, 2.24) is 25.0 Å². The SMILES string of the molecule is CNC(=O)c1ccn2c(-c3nc(N[C@H]4CCCNC4)c(F)cc3F)cnc2c1. The number of halogens is 2. The summed E-state index contributed by atoms with van der Waals surface area (Å²) in [5.74, 6) is -1.74. The van der Waals surface area contributed by atoms with E-state index in [2.05, 4.69) is 25.9 Å². The van der Waals surface area contributed by atoms with E-state index in [1.165, 1.54) is 13.2 Å². The van der Waals surface area contributed by atoms with E-state index in [9.17, 15) is 13.6 Å². The molecule has 1 saturated heterocycles. The largest absolute Gasteiger partial charge is 0.364 e. The van der Waals surface area contributed by atoms with Crippen LogP contribution < -0.4 is 16.0 Å². The second-order valence-corrected chi connectivity index (χ2v) is 6.70. The molecule has 3 N–H and O–H groups in total. The normalized spacial score (nSPS) is 16.9. The molecular weight excluding hydrogens is 366 g/mol. The molecule has 1 amide bonds. The lowest BCUT2D eigenvalue weighted by Gasteiger charge is -2.24. The van der Waals surface area contributed by atoms with Gasteiger partial charge >= 0.3 is 0 Å². The number of pyridine rings is 2. The van der Waals surface area contributed by atoms with Gasteiger partial charge in [0.15, 0.2) is 17.5 Å². The van der Waals surface area contributed by atoms with Gasteiger partial charge in [-0.1, -0.05) is 0 Å². The number of carbonyl (C=O) groups is 1. The fourth-order valence-electron chi connectivity index (χ4n) is 3.36. The van der Waals surface area contributed by atoms with E-state index in [0.717, 1.165) is 25.5 Å². The van der Waals surface area contributed by atoms with Crippen LogP contribution in [-0.4, -0.2) is 46.5 Å². The number of aromatic nitrogens is 3. The van der Waals surface area contributed by atoms with Gasteiger partial charge < -0.3 is 16.0 Å². The third-order valence-corrected chi connectivity index (χ3v) is 4.81. The maximum Gasteiger partial charge on any atom is 0.251 e. The maximum absolute atomic E-state index is 14.5. The number of hydrogen-bond acceptors (Lipinski definition) is 5. The van der Waals surface area contributed by atoms with Crippen LogP contribution in [0.15, 0.2) is 30.6 Å². The summed E-state index contributed by atoms with van der Waals surface area (Å²) in [4.78, 5) is 20.2. The molecule has 146 valence electrons.